The van der Waals surface area contributed by atoms with Crippen molar-refractivity contribution >= 4 is 0 Å². The van der Waals surface area contributed by atoms with Gasteiger partial charge < -0.3 is 5.32 Å². The Kier molecular flexibility index (Phi) is 4.69. The second-order valence-corrected chi connectivity index (χ2v) is 7.60. The van der Waals surface area contributed by atoms with Gasteiger partial charge in [0.25, 0.3) is 0 Å². The maximum absolute atomic E-state index is 4.62. The molecule has 0 saturated heterocycles. The summed E-state index contributed by atoms with van der Waals surface area (Å²) in [6.07, 6.45) is 11.1. The molecular formula is C23H24N6. The Bertz CT molecular complexity index is 1090. The first-order valence-corrected chi connectivity index (χ1v) is 10.1. The SMILES string of the molecule is Cc1ccc(-n2cc(CN[C@@H]3CCCc4c3cnn4-c3ccccn3)cn2)cc1. The van der Waals surface area contributed by atoms with E-state index in [0.29, 0.717) is 6.04 Å². The van der Waals surface area contributed by atoms with Crippen LogP contribution in [0.2, 0.25) is 0 Å². The summed E-state index contributed by atoms with van der Waals surface area (Å²) in [5, 5.41) is 12.8. The van der Waals surface area contributed by atoms with Crippen molar-refractivity contribution in [1.82, 2.24) is 29.9 Å². The number of fused-ring (bicyclic) bond motifs is 1. The third-order valence-corrected chi connectivity index (χ3v) is 5.54. The summed E-state index contributed by atoms with van der Waals surface area (Å²) in [4.78, 5) is 4.45. The summed E-state index contributed by atoms with van der Waals surface area (Å²) in [5.41, 5.74) is 6.06. The minimum atomic E-state index is 0.305. The molecule has 1 aliphatic carbocycles. The van der Waals surface area contributed by atoms with Crippen LogP contribution in [-0.2, 0) is 13.0 Å². The first kappa shape index (κ1) is 17.8. The molecule has 1 N–H and O–H groups in total. The van der Waals surface area contributed by atoms with Crippen molar-refractivity contribution in [3.8, 4) is 11.5 Å². The molecule has 0 saturated carbocycles. The zero-order valence-corrected chi connectivity index (χ0v) is 16.5. The average Bonchev–Trinajstić information content (AvgIpc) is 3.41. The quantitative estimate of drug-likeness (QED) is 0.566. The van der Waals surface area contributed by atoms with Crippen LogP contribution in [0.25, 0.3) is 11.5 Å². The molecule has 0 amide bonds. The minimum absolute atomic E-state index is 0.305. The first-order valence-electron chi connectivity index (χ1n) is 10.1. The van der Waals surface area contributed by atoms with Crippen molar-refractivity contribution in [2.24, 2.45) is 0 Å². The van der Waals surface area contributed by atoms with Crippen molar-refractivity contribution in [1.29, 1.82) is 0 Å². The lowest BCUT2D eigenvalue weighted by Crippen LogP contribution is -2.25. The number of hydrogen-bond donors (Lipinski definition) is 1. The molecule has 0 bridgehead atoms. The number of aryl methyl sites for hydroxylation is 1. The number of nitrogens with one attached hydrogen (secondary N) is 1. The van der Waals surface area contributed by atoms with E-state index in [4.69, 9.17) is 0 Å². The fourth-order valence-corrected chi connectivity index (χ4v) is 3.98. The molecule has 6 heteroatoms. The van der Waals surface area contributed by atoms with E-state index in [9.17, 15) is 0 Å². The van der Waals surface area contributed by atoms with E-state index in [0.717, 1.165) is 37.3 Å². The van der Waals surface area contributed by atoms with Crippen LogP contribution in [0.3, 0.4) is 0 Å². The van der Waals surface area contributed by atoms with Gasteiger partial charge in [-0.2, -0.15) is 10.2 Å². The van der Waals surface area contributed by atoms with Crippen LogP contribution >= 0.6 is 0 Å². The first-order chi connectivity index (χ1) is 14.3. The molecule has 0 aliphatic heterocycles. The van der Waals surface area contributed by atoms with Gasteiger partial charge in [-0.05, 0) is 50.5 Å². The van der Waals surface area contributed by atoms with Crippen molar-refractivity contribution in [3.05, 3.63) is 89.6 Å². The lowest BCUT2D eigenvalue weighted by atomic mass is 9.93. The second kappa shape index (κ2) is 7.64. The highest BCUT2D eigenvalue weighted by Crippen LogP contribution is 2.31. The highest BCUT2D eigenvalue weighted by Gasteiger charge is 2.24. The van der Waals surface area contributed by atoms with Crippen molar-refractivity contribution in [2.75, 3.05) is 0 Å². The summed E-state index contributed by atoms with van der Waals surface area (Å²) >= 11 is 0. The molecule has 1 aliphatic rings. The second-order valence-electron chi connectivity index (χ2n) is 7.60. The van der Waals surface area contributed by atoms with E-state index in [-0.39, 0.29) is 0 Å². The summed E-state index contributed by atoms with van der Waals surface area (Å²) in [7, 11) is 0. The van der Waals surface area contributed by atoms with Crippen LogP contribution in [0.5, 0.6) is 0 Å². The highest BCUT2D eigenvalue weighted by molar-refractivity contribution is 5.34. The Morgan fingerprint density at radius 2 is 1.97 bits per heavy atom. The lowest BCUT2D eigenvalue weighted by Gasteiger charge is -2.24. The van der Waals surface area contributed by atoms with E-state index < -0.39 is 0 Å². The van der Waals surface area contributed by atoms with Crippen LogP contribution in [0, 0.1) is 6.92 Å². The molecule has 6 nitrogen and oxygen atoms in total. The average molecular weight is 384 g/mol. The van der Waals surface area contributed by atoms with E-state index >= 15 is 0 Å². The number of aromatic nitrogens is 5. The van der Waals surface area contributed by atoms with Crippen LogP contribution in [0.15, 0.2) is 67.3 Å². The Morgan fingerprint density at radius 1 is 1.07 bits per heavy atom. The lowest BCUT2D eigenvalue weighted by molar-refractivity contribution is 0.454. The maximum atomic E-state index is 4.62. The fraction of sp³-hybridized carbons (Fsp3) is 0.261. The van der Waals surface area contributed by atoms with Crippen LogP contribution in [0.1, 0.15) is 41.3 Å². The predicted molar refractivity (Wildman–Crippen MR) is 112 cm³/mol. The molecule has 4 aromatic rings. The predicted octanol–water partition coefficient (Wildman–Crippen LogP) is 3.93. The van der Waals surface area contributed by atoms with E-state index in [2.05, 4.69) is 57.9 Å². The molecule has 1 aromatic carbocycles. The number of hydrogen-bond acceptors (Lipinski definition) is 4. The monoisotopic (exact) mass is 384 g/mol. The molecular weight excluding hydrogens is 360 g/mol. The molecule has 0 radical (unpaired) electrons. The molecule has 5 rings (SSSR count). The molecule has 3 heterocycles. The summed E-state index contributed by atoms with van der Waals surface area (Å²) in [5.74, 6) is 0.883. The fourth-order valence-electron chi connectivity index (χ4n) is 3.98. The minimum Gasteiger partial charge on any atom is -0.306 e. The van der Waals surface area contributed by atoms with E-state index in [1.807, 2.05) is 46.2 Å². The molecule has 3 aromatic heterocycles. The van der Waals surface area contributed by atoms with Crippen LogP contribution in [0.4, 0.5) is 0 Å². The zero-order valence-electron chi connectivity index (χ0n) is 16.5. The number of benzene rings is 1. The van der Waals surface area contributed by atoms with Gasteiger partial charge >= 0.3 is 0 Å². The topological polar surface area (TPSA) is 60.6 Å². The van der Waals surface area contributed by atoms with Crippen molar-refractivity contribution < 1.29 is 0 Å². The molecule has 1 atom stereocenters. The van der Waals surface area contributed by atoms with Gasteiger partial charge in [0.2, 0.25) is 0 Å². The largest absolute Gasteiger partial charge is 0.306 e. The van der Waals surface area contributed by atoms with Gasteiger partial charge in [-0.1, -0.05) is 23.8 Å². The van der Waals surface area contributed by atoms with E-state index in [1.54, 1.807) is 0 Å². The molecule has 29 heavy (non-hydrogen) atoms. The van der Waals surface area contributed by atoms with Gasteiger partial charge in [-0.15, -0.1) is 0 Å². The number of nitrogens with zero attached hydrogens (tertiary/aromatic N) is 5. The third kappa shape index (κ3) is 3.59. The maximum Gasteiger partial charge on any atom is 0.153 e. The molecule has 0 spiro atoms. The summed E-state index contributed by atoms with van der Waals surface area (Å²) in [6, 6.07) is 14.7. The van der Waals surface area contributed by atoms with Crippen molar-refractivity contribution in [2.45, 2.75) is 38.8 Å². The standard InChI is InChI=1S/C23H24N6/c1-17-8-10-19(11-9-17)28-16-18(14-26-28)13-25-21-5-4-6-22-20(21)15-27-29(22)23-7-2-3-12-24-23/h2-3,7-12,14-16,21,25H,4-6,13H2,1H3/t21-/m1/s1. The molecule has 0 unspecified atom stereocenters. The van der Waals surface area contributed by atoms with Gasteiger partial charge in [0, 0.05) is 36.1 Å². The van der Waals surface area contributed by atoms with Crippen LogP contribution < -0.4 is 5.32 Å². The Hall–Kier alpha value is -3.25. The van der Waals surface area contributed by atoms with Gasteiger partial charge in [0.1, 0.15) is 0 Å². The summed E-state index contributed by atoms with van der Waals surface area (Å²) < 4.78 is 3.92. The van der Waals surface area contributed by atoms with Gasteiger partial charge in [-0.25, -0.2) is 14.3 Å². The zero-order chi connectivity index (χ0) is 19.6. The Labute approximate surface area is 170 Å². The third-order valence-electron chi connectivity index (χ3n) is 5.54. The normalized spacial score (nSPS) is 16.0. The van der Waals surface area contributed by atoms with Crippen LogP contribution in [-0.4, -0.2) is 24.5 Å². The molecule has 0 fully saturated rings. The smallest absolute Gasteiger partial charge is 0.153 e. The number of pyridine rings is 1. The van der Waals surface area contributed by atoms with Gasteiger partial charge in [-0.3, -0.25) is 0 Å². The Morgan fingerprint density at radius 3 is 2.79 bits per heavy atom. The van der Waals surface area contributed by atoms with Gasteiger partial charge in [0.05, 0.1) is 23.8 Å². The Balaban J connectivity index is 1.31. The number of rotatable bonds is 5. The van der Waals surface area contributed by atoms with Crippen molar-refractivity contribution in [3.63, 3.8) is 0 Å². The summed E-state index contributed by atoms with van der Waals surface area (Å²) in [6.45, 7) is 2.88. The van der Waals surface area contributed by atoms with Gasteiger partial charge in [0.15, 0.2) is 5.82 Å². The molecule has 146 valence electrons. The van der Waals surface area contributed by atoms with E-state index in [1.165, 1.54) is 22.4 Å². The highest BCUT2D eigenvalue weighted by atomic mass is 15.3.